The van der Waals surface area contributed by atoms with Crippen LogP contribution in [0.2, 0.25) is 0 Å². The minimum atomic E-state index is -0.0624. The van der Waals surface area contributed by atoms with E-state index in [9.17, 15) is 4.79 Å². The molecule has 1 aliphatic rings. The van der Waals surface area contributed by atoms with Crippen LogP contribution in [0.3, 0.4) is 0 Å². The van der Waals surface area contributed by atoms with Gasteiger partial charge in [0, 0.05) is 49.1 Å². The predicted octanol–water partition coefficient (Wildman–Crippen LogP) is 3.30. The SMILES string of the molecule is CN=C(NCc1cccc(C(=O)NCC2CCCO2)c1)NCC(C)(C)c1cccs1. The molecule has 1 aliphatic heterocycles. The number of hydrogen-bond donors (Lipinski definition) is 3. The van der Waals surface area contributed by atoms with Crippen molar-refractivity contribution in [3.63, 3.8) is 0 Å². The van der Waals surface area contributed by atoms with Crippen LogP contribution in [-0.4, -0.2) is 44.7 Å². The molecule has 1 amide bonds. The summed E-state index contributed by atoms with van der Waals surface area (Å²) in [6, 6.07) is 11.9. The summed E-state index contributed by atoms with van der Waals surface area (Å²) in [5.74, 6) is 0.681. The van der Waals surface area contributed by atoms with Gasteiger partial charge in [0.2, 0.25) is 0 Å². The molecule has 1 saturated heterocycles. The number of ether oxygens (including phenoxy) is 1. The van der Waals surface area contributed by atoms with Crippen LogP contribution in [0.4, 0.5) is 0 Å². The highest BCUT2D eigenvalue weighted by Gasteiger charge is 2.22. The van der Waals surface area contributed by atoms with Gasteiger partial charge in [0.15, 0.2) is 5.96 Å². The summed E-state index contributed by atoms with van der Waals surface area (Å²) in [5.41, 5.74) is 1.71. The van der Waals surface area contributed by atoms with Gasteiger partial charge in [-0.1, -0.05) is 32.0 Å². The van der Waals surface area contributed by atoms with Crippen molar-refractivity contribution in [3.8, 4) is 0 Å². The molecule has 0 radical (unpaired) electrons. The molecule has 2 aromatic rings. The van der Waals surface area contributed by atoms with Crippen LogP contribution in [0.1, 0.15) is 47.5 Å². The highest BCUT2D eigenvalue weighted by molar-refractivity contribution is 7.10. The van der Waals surface area contributed by atoms with Gasteiger partial charge in [0.1, 0.15) is 0 Å². The number of rotatable bonds is 8. The minimum Gasteiger partial charge on any atom is -0.376 e. The van der Waals surface area contributed by atoms with Gasteiger partial charge in [-0.25, -0.2) is 0 Å². The molecule has 6 nitrogen and oxygen atoms in total. The van der Waals surface area contributed by atoms with E-state index in [1.807, 2.05) is 24.3 Å². The Balaban J connectivity index is 1.49. The molecule has 2 heterocycles. The van der Waals surface area contributed by atoms with E-state index in [2.05, 4.69) is 52.3 Å². The van der Waals surface area contributed by atoms with Gasteiger partial charge in [-0.3, -0.25) is 9.79 Å². The fourth-order valence-corrected chi connectivity index (χ4v) is 4.25. The van der Waals surface area contributed by atoms with E-state index < -0.39 is 0 Å². The molecule has 1 aromatic heterocycles. The third kappa shape index (κ3) is 6.31. The first kappa shape index (κ1) is 22.3. The number of hydrogen-bond acceptors (Lipinski definition) is 4. The first-order valence-corrected chi connectivity index (χ1v) is 11.3. The number of amides is 1. The molecular weight excluding hydrogens is 396 g/mol. The van der Waals surface area contributed by atoms with Crippen LogP contribution in [0.25, 0.3) is 0 Å². The Labute approximate surface area is 183 Å². The summed E-state index contributed by atoms with van der Waals surface area (Å²) in [6.07, 6.45) is 2.23. The maximum absolute atomic E-state index is 12.5. The molecule has 7 heteroatoms. The monoisotopic (exact) mass is 428 g/mol. The second-order valence-corrected chi connectivity index (χ2v) is 9.13. The quantitative estimate of drug-likeness (QED) is 0.446. The van der Waals surface area contributed by atoms with Crippen LogP contribution in [0, 0.1) is 0 Å². The van der Waals surface area contributed by atoms with Gasteiger partial charge in [-0.2, -0.15) is 0 Å². The van der Waals surface area contributed by atoms with Gasteiger partial charge in [0.25, 0.3) is 5.91 Å². The van der Waals surface area contributed by atoms with Crippen molar-refractivity contribution in [1.82, 2.24) is 16.0 Å². The number of guanidine groups is 1. The highest BCUT2D eigenvalue weighted by Crippen LogP contribution is 2.26. The highest BCUT2D eigenvalue weighted by atomic mass is 32.1. The smallest absolute Gasteiger partial charge is 0.251 e. The number of carbonyl (C=O) groups excluding carboxylic acids is 1. The van der Waals surface area contributed by atoms with Crippen molar-refractivity contribution < 1.29 is 9.53 Å². The molecule has 1 aromatic carbocycles. The molecule has 0 aliphatic carbocycles. The van der Waals surface area contributed by atoms with Crippen LogP contribution in [0.5, 0.6) is 0 Å². The maximum Gasteiger partial charge on any atom is 0.251 e. The number of benzene rings is 1. The molecule has 162 valence electrons. The van der Waals surface area contributed by atoms with E-state index in [1.54, 1.807) is 18.4 Å². The van der Waals surface area contributed by atoms with Crippen LogP contribution < -0.4 is 16.0 Å². The summed E-state index contributed by atoms with van der Waals surface area (Å²) in [5, 5.41) is 11.8. The summed E-state index contributed by atoms with van der Waals surface area (Å²) >= 11 is 1.77. The largest absolute Gasteiger partial charge is 0.376 e. The molecule has 1 fully saturated rings. The predicted molar refractivity (Wildman–Crippen MR) is 123 cm³/mol. The average Bonchev–Trinajstić information content (AvgIpc) is 3.46. The first-order chi connectivity index (χ1) is 14.5. The van der Waals surface area contributed by atoms with E-state index in [0.717, 1.165) is 37.5 Å². The van der Waals surface area contributed by atoms with E-state index in [-0.39, 0.29) is 17.4 Å². The molecule has 30 heavy (non-hydrogen) atoms. The van der Waals surface area contributed by atoms with Crippen LogP contribution in [0.15, 0.2) is 46.8 Å². The number of thiophene rings is 1. The molecule has 1 atom stereocenters. The Morgan fingerprint density at radius 1 is 1.23 bits per heavy atom. The number of carbonyl (C=O) groups is 1. The molecule has 3 N–H and O–H groups in total. The van der Waals surface area contributed by atoms with E-state index >= 15 is 0 Å². The molecule has 3 rings (SSSR count). The lowest BCUT2D eigenvalue weighted by molar-refractivity contribution is 0.0857. The molecule has 0 saturated carbocycles. The van der Waals surface area contributed by atoms with Crippen molar-refractivity contribution >= 4 is 23.2 Å². The zero-order valence-electron chi connectivity index (χ0n) is 18.0. The van der Waals surface area contributed by atoms with Gasteiger partial charge in [0.05, 0.1) is 6.10 Å². The van der Waals surface area contributed by atoms with Crippen molar-refractivity contribution in [1.29, 1.82) is 0 Å². The van der Waals surface area contributed by atoms with E-state index in [4.69, 9.17) is 4.74 Å². The Morgan fingerprint density at radius 3 is 2.80 bits per heavy atom. The minimum absolute atomic E-state index is 0.0207. The van der Waals surface area contributed by atoms with Gasteiger partial charge < -0.3 is 20.7 Å². The third-order valence-corrected chi connectivity index (χ3v) is 6.51. The van der Waals surface area contributed by atoms with E-state index in [1.165, 1.54) is 4.88 Å². The molecule has 0 bridgehead atoms. The van der Waals surface area contributed by atoms with Crippen molar-refractivity contribution in [3.05, 3.63) is 57.8 Å². The summed E-state index contributed by atoms with van der Waals surface area (Å²) in [6.45, 7) is 7.17. The normalized spacial score (nSPS) is 17.0. The summed E-state index contributed by atoms with van der Waals surface area (Å²) < 4.78 is 5.57. The second-order valence-electron chi connectivity index (χ2n) is 8.19. The van der Waals surface area contributed by atoms with Gasteiger partial charge >= 0.3 is 0 Å². The lowest BCUT2D eigenvalue weighted by Crippen LogP contribution is -2.43. The Hall–Kier alpha value is -2.38. The van der Waals surface area contributed by atoms with Gasteiger partial charge in [-0.05, 0) is 42.0 Å². The second kappa shape index (κ2) is 10.6. The Bertz CT molecular complexity index is 843. The van der Waals surface area contributed by atoms with Crippen LogP contribution in [-0.2, 0) is 16.7 Å². The Morgan fingerprint density at radius 2 is 2.10 bits per heavy atom. The zero-order valence-corrected chi connectivity index (χ0v) is 18.8. The summed E-state index contributed by atoms with van der Waals surface area (Å²) in [7, 11) is 1.77. The first-order valence-electron chi connectivity index (χ1n) is 10.5. The lowest BCUT2D eigenvalue weighted by Gasteiger charge is -2.25. The van der Waals surface area contributed by atoms with Crippen LogP contribution >= 0.6 is 11.3 Å². The fourth-order valence-electron chi connectivity index (χ4n) is 3.40. The fraction of sp³-hybridized carbons (Fsp3) is 0.478. The third-order valence-electron chi connectivity index (χ3n) is 5.27. The number of aliphatic imine (C=N–C) groups is 1. The topological polar surface area (TPSA) is 74.8 Å². The molecule has 0 spiro atoms. The summed E-state index contributed by atoms with van der Waals surface area (Å²) in [4.78, 5) is 18.1. The van der Waals surface area contributed by atoms with Crippen molar-refractivity contribution in [2.45, 2.75) is 44.8 Å². The van der Waals surface area contributed by atoms with E-state index in [0.29, 0.717) is 18.7 Å². The maximum atomic E-state index is 12.5. The lowest BCUT2D eigenvalue weighted by atomic mass is 9.91. The van der Waals surface area contributed by atoms with Gasteiger partial charge in [-0.15, -0.1) is 11.3 Å². The standard InChI is InChI=1S/C23H32N4O2S/c1-23(2,20-10-6-12-30-20)16-27-22(24-3)26-14-17-7-4-8-18(13-17)21(28)25-15-19-9-5-11-29-19/h4,6-8,10,12-13,19H,5,9,11,14-16H2,1-3H3,(H,25,28)(H2,24,26,27). The number of nitrogens with one attached hydrogen (secondary N) is 3. The average molecular weight is 429 g/mol. The molecular formula is C23H32N4O2S. The Kier molecular flexibility index (Phi) is 7.87. The molecule has 1 unspecified atom stereocenters. The number of nitrogens with zero attached hydrogens (tertiary/aromatic N) is 1. The zero-order chi connectivity index (χ0) is 21.4. The van der Waals surface area contributed by atoms with Crippen molar-refractivity contribution in [2.75, 3.05) is 26.7 Å². The van der Waals surface area contributed by atoms with Crippen molar-refractivity contribution in [2.24, 2.45) is 4.99 Å².